The van der Waals surface area contributed by atoms with Gasteiger partial charge in [-0.05, 0) is 54.8 Å². The molecule has 3 aromatic rings. The Labute approximate surface area is 220 Å². The van der Waals surface area contributed by atoms with Crippen LogP contribution in [-0.4, -0.2) is 83.0 Å². The van der Waals surface area contributed by atoms with Crippen LogP contribution in [0.2, 0.25) is 5.02 Å². The number of nitrogens with zero attached hydrogens (tertiary/aromatic N) is 2. The highest BCUT2D eigenvalue weighted by molar-refractivity contribution is 7.99. The predicted octanol–water partition coefficient (Wildman–Crippen LogP) is 4.71. The number of benzene rings is 2. The molecule has 2 N–H and O–H groups in total. The van der Waals surface area contributed by atoms with E-state index in [9.17, 15) is 9.90 Å². The third-order valence-corrected chi connectivity index (χ3v) is 7.98. The van der Waals surface area contributed by atoms with Crippen LogP contribution in [0.1, 0.15) is 29.8 Å². The summed E-state index contributed by atoms with van der Waals surface area (Å²) in [5.74, 6) is 2.92. The van der Waals surface area contributed by atoms with Crippen molar-refractivity contribution in [3.63, 3.8) is 0 Å². The third-order valence-electron chi connectivity index (χ3n) is 6.80. The molecule has 2 atom stereocenters. The minimum atomic E-state index is -0.536. The molecule has 36 heavy (non-hydrogen) atoms. The maximum Gasteiger partial charge on any atom is 0.410 e. The summed E-state index contributed by atoms with van der Waals surface area (Å²) in [6, 6.07) is 13.3. The van der Waals surface area contributed by atoms with Crippen molar-refractivity contribution < 1.29 is 19.4 Å². The molecule has 0 aliphatic carbocycles. The van der Waals surface area contributed by atoms with E-state index in [2.05, 4.69) is 9.88 Å². The lowest BCUT2D eigenvalue weighted by Crippen LogP contribution is -2.41. The third kappa shape index (κ3) is 5.47. The van der Waals surface area contributed by atoms with Crippen molar-refractivity contribution in [2.45, 2.75) is 25.5 Å². The molecular formula is C27H32ClN3O4S. The molecule has 1 saturated heterocycles. The number of aromatic nitrogens is 1. The van der Waals surface area contributed by atoms with Gasteiger partial charge in [-0.2, -0.15) is 11.8 Å². The molecule has 2 aromatic carbocycles. The number of aliphatic hydroxyl groups excluding tert-OH is 1. The van der Waals surface area contributed by atoms with E-state index in [1.807, 2.05) is 61.2 Å². The number of carbonyl (C=O) groups is 1. The molecule has 9 heteroatoms. The van der Waals surface area contributed by atoms with Gasteiger partial charge in [0.05, 0.1) is 6.61 Å². The van der Waals surface area contributed by atoms with Crippen molar-refractivity contribution >= 4 is 40.4 Å². The second-order valence-corrected chi connectivity index (χ2v) is 10.9. The molecule has 0 radical (unpaired) electrons. The van der Waals surface area contributed by atoms with Crippen molar-refractivity contribution in [1.82, 2.24) is 14.8 Å². The van der Waals surface area contributed by atoms with Crippen molar-refractivity contribution in [3.8, 4) is 5.75 Å². The summed E-state index contributed by atoms with van der Waals surface area (Å²) in [5.41, 5.74) is 4.12. The van der Waals surface area contributed by atoms with Crippen molar-refractivity contribution in [2.24, 2.45) is 0 Å². The number of β-amino-alcohol motifs (C(OH)–C–C–N with tert-alkyl or cyclic N) is 1. The zero-order chi connectivity index (χ0) is 25.1. The first kappa shape index (κ1) is 25.3. The van der Waals surface area contributed by atoms with Crippen LogP contribution >= 0.6 is 23.4 Å². The Morgan fingerprint density at radius 1 is 1.19 bits per heavy atom. The molecule has 5 rings (SSSR count). The molecule has 2 aliphatic rings. The predicted molar refractivity (Wildman–Crippen MR) is 144 cm³/mol. The number of aliphatic hydroxyl groups is 1. The van der Waals surface area contributed by atoms with Gasteiger partial charge in [0.2, 0.25) is 0 Å². The molecule has 7 nitrogen and oxygen atoms in total. The Hall–Kier alpha value is -2.39. The van der Waals surface area contributed by atoms with Gasteiger partial charge in [-0.1, -0.05) is 23.7 Å². The van der Waals surface area contributed by atoms with Crippen LogP contribution in [0.3, 0.4) is 0 Å². The van der Waals surface area contributed by atoms with Crippen LogP contribution in [0.5, 0.6) is 5.75 Å². The van der Waals surface area contributed by atoms with Crippen LogP contribution < -0.4 is 4.74 Å². The summed E-state index contributed by atoms with van der Waals surface area (Å²) in [6.45, 7) is 5.58. The van der Waals surface area contributed by atoms with E-state index in [0.29, 0.717) is 30.5 Å². The smallest absolute Gasteiger partial charge is 0.410 e. The Balaban J connectivity index is 1.35. The lowest BCUT2D eigenvalue weighted by molar-refractivity contribution is 0.0715. The Morgan fingerprint density at radius 2 is 1.97 bits per heavy atom. The fourth-order valence-corrected chi connectivity index (χ4v) is 6.23. The monoisotopic (exact) mass is 529 g/mol. The first-order valence-electron chi connectivity index (χ1n) is 12.5. The molecular weight excluding hydrogens is 498 g/mol. The molecule has 0 bridgehead atoms. The van der Waals surface area contributed by atoms with Crippen LogP contribution in [0.4, 0.5) is 4.79 Å². The van der Waals surface area contributed by atoms with Crippen LogP contribution in [0.25, 0.3) is 10.9 Å². The van der Waals surface area contributed by atoms with E-state index in [-0.39, 0.29) is 18.7 Å². The van der Waals surface area contributed by atoms with Crippen molar-refractivity contribution in [1.29, 1.82) is 0 Å². The van der Waals surface area contributed by atoms with Crippen LogP contribution in [-0.2, 0) is 11.2 Å². The number of carbonyl (C=O) groups excluding carboxylic acids is 1. The van der Waals surface area contributed by atoms with E-state index in [1.54, 1.807) is 4.90 Å². The second-order valence-electron chi connectivity index (χ2n) is 9.20. The van der Waals surface area contributed by atoms with Crippen LogP contribution in [0, 0.1) is 0 Å². The van der Waals surface area contributed by atoms with E-state index in [1.165, 1.54) is 5.56 Å². The fourth-order valence-electron chi connectivity index (χ4n) is 5.08. The zero-order valence-electron chi connectivity index (χ0n) is 20.4. The quantitative estimate of drug-likeness (QED) is 0.461. The van der Waals surface area contributed by atoms with Gasteiger partial charge < -0.3 is 19.6 Å². The van der Waals surface area contributed by atoms with Gasteiger partial charge in [-0.25, -0.2) is 4.79 Å². The standard InChI is InChI=1S/C27H32ClN3O4S/c1-2-34-27(33)31-10-9-22-23-15-19(28)5-8-24(23)29-25(22)26(31)18-3-6-21(7-4-18)35-17-20(32)16-30-11-13-36-14-12-30/h3-8,15,20,26,29,32H,2,9-14,16-17H2,1H3. The molecule has 1 aromatic heterocycles. The topological polar surface area (TPSA) is 78.0 Å². The summed E-state index contributed by atoms with van der Waals surface area (Å²) < 4.78 is 11.3. The van der Waals surface area contributed by atoms with Gasteiger partial charge in [0.15, 0.2) is 0 Å². The summed E-state index contributed by atoms with van der Waals surface area (Å²) >= 11 is 8.24. The van der Waals surface area contributed by atoms with Crippen molar-refractivity contribution in [2.75, 3.05) is 50.9 Å². The molecule has 1 amide bonds. The maximum absolute atomic E-state index is 12.9. The molecule has 0 spiro atoms. The van der Waals surface area contributed by atoms with E-state index in [4.69, 9.17) is 21.1 Å². The summed E-state index contributed by atoms with van der Waals surface area (Å²) in [5, 5.41) is 12.2. The normalized spacial score (nSPS) is 19.2. The zero-order valence-corrected chi connectivity index (χ0v) is 22.0. The number of hydrogen-bond acceptors (Lipinski definition) is 6. The van der Waals surface area contributed by atoms with Gasteiger partial charge in [-0.3, -0.25) is 9.80 Å². The van der Waals surface area contributed by atoms with Gasteiger partial charge in [0.25, 0.3) is 0 Å². The highest BCUT2D eigenvalue weighted by Gasteiger charge is 2.35. The lowest BCUT2D eigenvalue weighted by atomic mass is 9.92. The lowest BCUT2D eigenvalue weighted by Gasteiger charge is -2.35. The van der Waals surface area contributed by atoms with Crippen LogP contribution in [0.15, 0.2) is 42.5 Å². The first-order chi connectivity index (χ1) is 17.5. The number of fused-ring (bicyclic) bond motifs is 3. The molecule has 2 unspecified atom stereocenters. The minimum absolute atomic E-state index is 0.244. The Kier molecular flexibility index (Phi) is 7.96. The number of nitrogens with one attached hydrogen (secondary N) is 1. The molecule has 2 aliphatic heterocycles. The largest absolute Gasteiger partial charge is 0.491 e. The highest BCUT2D eigenvalue weighted by atomic mass is 35.5. The minimum Gasteiger partial charge on any atom is -0.491 e. The molecule has 3 heterocycles. The second kappa shape index (κ2) is 11.3. The van der Waals surface area contributed by atoms with Crippen molar-refractivity contribution in [3.05, 3.63) is 64.3 Å². The number of rotatable bonds is 7. The molecule has 0 saturated carbocycles. The molecule has 192 valence electrons. The number of amides is 1. The number of halogens is 1. The average Bonchev–Trinajstić information content (AvgIpc) is 3.26. The number of ether oxygens (including phenoxy) is 2. The van der Waals surface area contributed by atoms with Gasteiger partial charge in [-0.15, -0.1) is 0 Å². The van der Waals surface area contributed by atoms with E-state index < -0.39 is 6.10 Å². The average molecular weight is 530 g/mol. The van der Waals surface area contributed by atoms with E-state index in [0.717, 1.165) is 53.2 Å². The fraction of sp³-hybridized carbons (Fsp3) is 0.444. The van der Waals surface area contributed by atoms with E-state index >= 15 is 0 Å². The SMILES string of the molecule is CCOC(=O)N1CCc2c([nH]c3ccc(Cl)cc23)C1c1ccc(OCC(O)CN2CCSCC2)cc1. The number of aromatic amines is 1. The van der Waals surface area contributed by atoms with Gasteiger partial charge >= 0.3 is 6.09 Å². The molecule has 1 fully saturated rings. The number of thioether (sulfide) groups is 1. The summed E-state index contributed by atoms with van der Waals surface area (Å²) in [7, 11) is 0. The summed E-state index contributed by atoms with van der Waals surface area (Å²) in [6.07, 6.45) is -0.143. The van der Waals surface area contributed by atoms with Gasteiger partial charge in [0.1, 0.15) is 24.5 Å². The first-order valence-corrected chi connectivity index (χ1v) is 14.0. The number of H-pyrrole nitrogens is 1. The Bertz CT molecular complexity index is 1200. The highest BCUT2D eigenvalue weighted by Crippen LogP contribution is 2.39. The maximum atomic E-state index is 12.9. The Morgan fingerprint density at radius 3 is 2.72 bits per heavy atom. The van der Waals surface area contributed by atoms with Gasteiger partial charge in [0, 0.05) is 59.3 Å². The number of hydrogen-bond donors (Lipinski definition) is 2. The summed E-state index contributed by atoms with van der Waals surface area (Å²) in [4.78, 5) is 20.5.